The van der Waals surface area contributed by atoms with Crippen LogP contribution in [0.15, 0.2) is 48.5 Å². The monoisotopic (exact) mass is 418 g/mol. The van der Waals surface area contributed by atoms with Crippen LogP contribution in [0, 0.1) is 0 Å². The molecule has 7 nitrogen and oxygen atoms in total. The summed E-state index contributed by atoms with van der Waals surface area (Å²) >= 11 is 0. The summed E-state index contributed by atoms with van der Waals surface area (Å²) in [6, 6.07) is 14.6. The molecule has 156 valence electrons. The van der Waals surface area contributed by atoms with Crippen LogP contribution in [-0.2, 0) is 14.8 Å². The summed E-state index contributed by atoms with van der Waals surface area (Å²) in [5.74, 6) is 1.01. The molecule has 0 spiro atoms. The molecule has 1 aliphatic heterocycles. The maximum absolute atomic E-state index is 12.5. The van der Waals surface area contributed by atoms with Crippen LogP contribution < -0.4 is 19.1 Å². The Morgan fingerprint density at radius 1 is 1.14 bits per heavy atom. The second kappa shape index (κ2) is 8.73. The van der Waals surface area contributed by atoms with Crippen LogP contribution in [0.4, 0.5) is 5.69 Å². The topological polar surface area (TPSA) is 84.9 Å². The second-order valence-electron chi connectivity index (χ2n) is 7.28. The molecular weight excluding hydrogens is 392 g/mol. The molecule has 1 aliphatic rings. The number of hydrogen-bond donors (Lipinski definition) is 1. The van der Waals surface area contributed by atoms with Gasteiger partial charge in [0.2, 0.25) is 15.9 Å². The number of ether oxygens (including phenoxy) is 2. The van der Waals surface area contributed by atoms with E-state index in [0.29, 0.717) is 23.8 Å². The van der Waals surface area contributed by atoms with E-state index in [1.54, 1.807) is 18.2 Å². The minimum Gasteiger partial charge on any atom is -0.486 e. The number of nitrogens with zero attached hydrogens (tertiary/aromatic N) is 1. The van der Waals surface area contributed by atoms with Gasteiger partial charge in [-0.25, -0.2) is 8.42 Å². The van der Waals surface area contributed by atoms with Gasteiger partial charge in [0, 0.05) is 0 Å². The lowest BCUT2D eigenvalue weighted by Gasteiger charge is -2.28. The smallest absolute Gasteiger partial charge is 0.240 e. The van der Waals surface area contributed by atoms with E-state index in [1.165, 1.54) is 0 Å². The number of para-hydroxylation sites is 3. The fourth-order valence-corrected chi connectivity index (χ4v) is 4.04. The maximum atomic E-state index is 12.5. The molecule has 0 aliphatic carbocycles. The van der Waals surface area contributed by atoms with Crippen molar-refractivity contribution in [1.82, 2.24) is 5.32 Å². The SMILES string of the molecule is CC(C)c1ccccc1N(CC(=O)NC[C@H]1COc2ccccc2O1)S(C)(=O)=O. The Bertz CT molecular complexity index is 975. The third-order valence-corrected chi connectivity index (χ3v) is 5.74. The van der Waals surface area contributed by atoms with Crippen LogP contribution in [0.25, 0.3) is 0 Å². The average molecular weight is 419 g/mol. The van der Waals surface area contributed by atoms with E-state index in [2.05, 4.69) is 5.32 Å². The van der Waals surface area contributed by atoms with Crippen LogP contribution in [0.1, 0.15) is 25.3 Å². The van der Waals surface area contributed by atoms with Gasteiger partial charge in [-0.3, -0.25) is 9.10 Å². The molecule has 3 rings (SSSR count). The number of carbonyl (C=O) groups excluding carboxylic acids is 1. The van der Waals surface area contributed by atoms with E-state index in [0.717, 1.165) is 16.1 Å². The highest BCUT2D eigenvalue weighted by Gasteiger charge is 2.25. The van der Waals surface area contributed by atoms with Crippen molar-refractivity contribution in [3.8, 4) is 11.5 Å². The highest BCUT2D eigenvalue weighted by Crippen LogP contribution is 2.31. The van der Waals surface area contributed by atoms with Crippen molar-refractivity contribution >= 4 is 21.6 Å². The molecule has 29 heavy (non-hydrogen) atoms. The van der Waals surface area contributed by atoms with Crippen molar-refractivity contribution in [2.45, 2.75) is 25.9 Å². The third-order valence-electron chi connectivity index (χ3n) is 4.61. The van der Waals surface area contributed by atoms with E-state index in [4.69, 9.17) is 9.47 Å². The minimum absolute atomic E-state index is 0.117. The Hall–Kier alpha value is -2.74. The van der Waals surface area contributed by atoms with Gasteiger partial charge >= 0.3 is 0 Å². The number of benzene rings is 2. The lowest BCUT2D eigenvalue weighted by molar-refractivity contribution is -0.120. The third kappa shape index (κ3) is 5.20. The van der Waals surface area contributed by atoms with Gasteiger partial charge in [0.15, 0.2) is 11.5 Å². The number of nitrogens with one attached hydrogen (secondary N) is 1. The van der Waals surface area contributed by atoms with Crippen LogP contribution in [0.5, 0.6) is 11.5 Å². The Morgan fingerprint density at radius 2 is 1.79 bits per heavy atom. The van der Waals surface area contributed by atoms with Crippen molar-refractivity contribution in [3.63, 3.8) is 0 Å². The van der Waals surface area contributed by atoms with Gasteiger partial charge in [-0.2, -0.15) is 0 Å². The Kier molecular flexibility index (Phi) is 6.32. The van der Waals surface area contributed by atoms with Crippen molar-refractivity contribution < 1.29 is 22.7 Å². The lowest BCUT2D eigenvalue weighted by Crippen LogP contribution is -2.45. The first-order valence-corrected chi connectivity index (χ1v) is 11.3. The van der Waals surface area contributed by atoms with Gasteiger partial charge in [-0.1, -0.05) is 44.2 Å². The van der Waals surface area contributed by atoms with E-state index >= 15 is 0 Å². The summed E-state index contributed by atoms with van der Waals surface area (Å²) in [7, 11) is -3.64. The first-order chi connectivity index (χ1) is 13.8. The summed E-state index contributed by atoms with van der Waals surface area (Å²) in [6.45, 7) is 4.20. The zero-order valence-corrected chi connectivity index (χ0v) is 17.6. The molecule has 1 atom stereocenters. The van der Waals surface area contributed by atoms with Gasteiger partial charge in [-0.15, -0.1) is 0 Å². The highest BCUT2D eigenvalue weighted by atomic mass is 32.2. The molecule has 1 amide bonds. The number of fused-ring (bicyclic) bond motifs is 1. The number of hydrogen-bond acceptors (Lipinski definition) is 5. The van der Waals surface area contributed by atoms with E-state index in [9.17, 15) is 13.2 Å². The Balaban J connectivity index is 1.66. The highest BCUT2D eigenvalue weighted by molar-refractivity contribution is 7.92. The molecule has 0 fully saturated rings. The second-order valence-corrected chi connectivity index (χ2v) is 9.19. The minimum atomic E-state index is -3.64. The van der Waals surface area contributed by atoms with E-state index in [1.807, 2.05) is 44.2 Å². The molecule has 2 aromatic carbocycles. The fraction of sp³-hybridized carbons (Fsp3) is 0.381. The zero-order valence-electron chi connectivity index (χ0n) is 16.8. The molecule has 0 unspecified atom stereocenters. The van der Waals surface area contributed by atoms with Crippen molar-refractivity contribution in [1.29, 1.82) is 0 Å². The van der Waals surface area contributed by atoms with Gasteiger partial charge in [-0.05, 0) is 29.7 Å². The van der Waals surface area contributed by atoms with Crippen LogP contribution >= 0.6 is 0 Å². The molecule has 0 bridgehead atoms. The lowest BCUT2D eigenvalue weighted by atomic mass is 10.0. The summed E-state index contributed by atoms with van der Waals surface area (Å²) in [6.07, 6.45) is 0.760. The van der Waals surface area contributed by atoms with Crippen molar-refractivity contribution in [2.24, 2.45) is 0 Å². The molecule has 1 heterocycles. The van der Waals surface area contributed by atoms with Crippen molar-refractivity contribution in [3.05, 3.63) is 54.1 Å². The summed E-state index contributed by atoms with van der Waals surface area (Å²) < 4.78 is 37.4. The zero-order chi connectivity index (χ0) is 21.0. The van der Waals surface area contributed by atoms with Crippen LogP contribution in [0.3, 0.4) is 0 Å². The first-order valence-electron chi connectivity index (χ1n) is 9.47. The first kappa shape index (κ1) is 21.0. The van der Waals surface area contributed by atoms with Crippen LogP contribution in [0.2, 0.25) is 0 Å². The molecule has 0 radical (unpaired) electrons. The molecular formula is C21H26N2O5S. The number of anilines is 1. The molecule has 0 aromatic heterocycles. The Morgan fingerprint density at radius 3 is 2.48 bits per heavy atom. The quantitative estimate of drug-likeness (QED) is 0.747. The molecule has 2 aromatic rings. The standard InChI is InChI=1S/C21H26N2O5S/c1-15(2)17-8-4-5-9-18(17)23(29(3,25)26)13-21(24)22-12-16-14-27-19-10-6-7-11-20(19)28-16/h4-11,15-16H,12-14H2,1-3H3,(H,22,24)/t16-/m0/s1. The molecule has 1 N–H and O–H groups in total. The van der Waals surface area contributed by atoms with E-state index < -0.39 is 15.9 Å². The normalized spacial score (nSPS) is 15.8. The van der Waals surface area contributed by atoms with Gasteiger partial charge < -0.3 is 14.8 Å². The van der Waals surface area contributed by atoms with Gasteiger partial charge in [0.05, 0.1) is 18.5 Å². The average Bonchev–Trinajstić information content (AvgIpc) is 2.69. The number of rotatable bonds is 7. The summed E-state index contributed by atoms with van der Waals surface area (Å²) in [5, 5.41) is 2.75. The number of carbonyl (C=O) groups is 1. The number of amides is 1. The summed E-state index contributed by atoms with van der Waals surface area (Å²) in [5.41, 5.74) is 1.39. The Labute approximate surface area is 171 Å². The van der Waals surface area contributed by atoms with E-state index in [-0.39, 0.29) is 25.1 Å². The molecule has 0 saturated heterocycles. The predicted molar refractivity (Wildman–Crippen MR) is 112 cm³/mol. The molecule has 0 saturated carbocycles. The van der Waals surface area contributed by atoms with Crippen molar-refractivity contribution in [2.75, 3.05) is 30.3 Å². The fourth-order valence-electron chi connectivity index (χ4n) is 3.16. The predicted octanol–water partition coefficient (Wildman–Crippen LogP) is 2.53. The largest absolute Gasteiger partial charge is 0.486 e. The van der Waals surface area contributed by atoms with Gasteiger partial charge in [0.1, 0.15) is 19.3 Å². The molecule has 8 heteroatoms. The van der Waals surface area contributed by atoms with Crippen LogP contribution in [-0.4, -0.2) is 46.4 Å². The number of sulfonamides is 1. The van der Waals surface area contributed by atoms with Gasteiger partial charge in [0.25, 0.3) is 0 Å². The summed E-state index contributed by atoms with van der Waals surface area (Å²) in [4.78, 5) is 12.5. The maximum Gasteiger partial charge on any atom is 0.240 e.